The Labute approximate surface area is 105 Å². The number of likely N-dealkylation sites (tertiary alicyclic amines) is 1. The molecule has 0 bridgehead atoms. The molecule has 1 aromatic carbocycles. The largest absolute Gasteiger partial charge is 0.398 e. The normalized spacial score (nSPS) is 26.1. The van der Waals surface area contributed by atoms with Gasteiger partial charge in [0, 0.05) is 24.3 Å². The zero-order valence-corrected chi connectivity index (χ0v) is 11.2. The fourth-order valence-electron chi connectivity index (χ4n) is 2.85. The van der Waals surface area contributed by atoms with Crippen LogP contribution in [0.2, 0.25) is 0 Å². The highest BCUT2D eigenvalue weighted by molar-refractivity contribution is 5.48. The molecule has 1 aliphatic heterocycles. The van der Waals surface area contributed by atoms with E-state index in [0.717, 1.165) is 12.2 Å². The highest BCUT2D eigenvalue weighted by Crippen LogP contribution is 2.26. The maximum atomic E-state index is 6.07. The molecule has 1 aromatic rings. The number of nitrogens with two attached hydrogens (primary N) is 1. The Kier molecular flexibility index (Phi) is 3.72. The third-order valence-electron chi connectivity index (χ3n) is 4.03. The first-order chi connectivity index (χ1) is 8.08. The van der Waals surface area contributed by atoms with Crippen LogP contribution in [0.25, 0.3) is 0 Å². The number of hydrogen-bond acceptors (Lipinski definition) is 2. The quantitative estimate of drug-likeness (QED) is 0.792. The average Bonchev–Trinajstić information content (AvgIpc) is 2.28. The van der Waals surface area contributed by atoms with Gasteiger partial charge in [0.05, 0.1) is 0 Å². The van der Waals surface area contributed by atoms with Crippen molar-refractivity contribution in [3.63, 3.8) is 0 Å². The van der Waals surface area contributed by atoms with Gasteiger partial charge in [0.25, 0.3) is 0 Å². The lowest BCUT2D eigenvalue weighted by Crippen LogP contribution is -2.43. The van der Waals surface area contributed by atoms with E-state index in [4.69, 9.17) is 5.73 Å². The number of nitrogen functional groups attached to an aromatic ring is 1. The summed E-state index contributed by atoms with van der Waals surface area (Å²) in [7, 11) is 0. The molecule has 2 rings (SSSR count). The van der Waals surface area contributed by atoms with Crippen molar-refractivity contribution in [1.82, 2.24) is 4.90 Å². The minimum Gasteiger partial charge on any atom is -0.398 e. The molecule has 1 saturated heterocycles. The number of aryl methyl sites for hydroxylation is 1. The number of benzene rings is 1. The van der Waals surface area contributed by atoms with E-state index in [9.17, 15) is 0 Å². The molecule has 2 unspecified atom stereocenters. The summed E-state index contributed by atoms with van der Waals surface area (Å²) in [4.78, 5) is 2.59. The van der Waals surface area contributed by atoms with E-state index in [1.165, 1.54) is 30.4 Å². The van der Waals surface area contributed by atoms with Gasteiger partial charge in [-0.25, -0.2) is 0 Å². The zero-order chi connectivity index (χ0) is 12.4. The molecule has 0 aliphatic carbocycles. The SMILES string of the molecule is Cc1ccc(N)c(CN2C(C)CCCC2C)c1. The summed E-state index contributed by atoms with van der Waals surface area (Å²) >= 11 is 0. The van der Waals surface area contributed by atoms with Crippen LogP contribution in [-0.4, -0.2) is 17.0 Å². The maximum absolute atomic E-state index is 6.07. The minimum absolute atomic E-state index is 0.679. The lowest BCUT2D eigenvalue weighted by molar-refractivity contribution is 0.0955. The van der Waals surface area contributed by atoms with Gasteiger partial charge in [0.15, 0.2) is 0 Å². The topological polar surface area (TPSA) is 29.3 Å². The fourth-order valence-corrected chi connectivity index (χ4v) is 2.85. The van der Waals surface area contributed by atoms with Crippen LogP contribution in [0.15, 0.2) is 18.2 Å². The van der Waals surface area contributed by atoms with Crippen LogP contribution < -0.4 is 5.73 Å². The molecule has 0 radical (unpaired) electrons. The Hall–Kier alpha value is -1.02. The van der Waals surface area contributed by atoms with E-state index in [1.807, 2.05) is 6.07 Å². The third-order valence-corrected chi connectivity index (χ3v) is 4.03. The molecule has 1 fully saturated rings. The van der Waals surface area contributed by atoms with Gasteiger partial charge >= 0.3 is 0 Å². The molecular weight excluding hydrogens is 208 g/mol. The minimum atomic E-state index is 0.679. The molecule has 2 N–H and O–H groups in total. The van der Waals surface area contributed by atoms with E-state index in [0.29, 0.717) is 12.1 Å². The predicted molar refractivity (Wildman–Crippen MR) is 73.9 cm³/mol. The Morgan fingerprint density at radius 1 is 1.24 bits per heavy atom. The van der Waals surface area contributed by atoms with E-state index >= 15 is 0 Å². The summed E-state index contributed by atoms with van der Waals surface area (Å²) in [5, 5.41) is 0. The van der Waals surface area contributed by atoms with Crippen molar-refractivity contribution >= 4 is 5.69 Å². The van der Waals surface area contributed by atoms with Crippen LogP contribution in [0.1, 0.15) is 44.2 Å². The molecule has 1 heterocycles. The van der Waals surface area contributed by atoms with Crippen molar-refractivity contribution in [3.05, 3.63) is 29.3 Å². The van der Waals surface area contributed by atoms with Gasteiger partial charge in [0.1, 0.15) is 0 Å². The number of anilines is 1. The van der Waals surface area contributed by atoms with Crippen molar-refractivity contribution in [2.24, 2.45) is 0 Å². The molecule has 0 aromatic heterocycles. The highest BCUT2D eigenvalue weighted by atomic mass is 15.2. The number of piperidine rings is 1. The Bertz CT molecular complexity index is 377. The fraction of sp³-hybridized carbons (Fsp3) is 0.600. The second kappa shape index (κ2) is 5.09. The monoisotopic (exact) mass is 232 g/mol. The third kappa shape index (κ3) is 2.81. The van der Waals surface area contributed by atoms with Crippen LogP contribution in [0.5, 0.6) is 0 Å². The van der Waals surface area contributed by atoms with Gasteiger partial charge in [-0.3, -0.25) is 4.90 Å². The van der Waals surface area contributed by atoms with E-state index in [-0.39, 0.29) is 0 Å². The number of nitrogens with zero attached hydrogens (tertiary/aromatic N) is 1. The maximum Gasteiger partial charge on any atom is 0.0359 e. The Morgan fingerprint density at radius 3 is 2.53 bits per heavy atom. The molecule has 0 spiro atoms. The van der Waals surface area contributed by atoms with Crippen LogP contribution in [0, 0.1) is 6.92 Å². The van der Waals surface area contributed by atoms with Crippen LogP contribution in [0.3, 0.4) is 0 Å². The van der Waals surface area contributed by atoms with E-state index in [1.54, 1.807) is 0 Å². The number of hydrogen-bond donors (Lipinski definition) is 1. The highest BCUT2D eigenvalue weighted by Gasteiger charge is 2.24. The standard InChI is InChI=1S/C15H24N2/c1-11-7-8-15(16)14(9-11)10-17-12(2)5-4-6-13(17)3/h7-9,12-13H,4-6,10,16H2,1-3H3. The summed E-state index contributed by atoms with van der Waals surface area (Å²) in [5.74, 6) is 0. The van der Waals surface area contributed by atoms with Crippen molar-refractivity contribution in [3.8, 4) is 0 Å². The molecular formula is C15H24N2. The van der Waals surface area contributed by atoms with Gasteiger partial charge in [-0.2, -0.15) is 0 Å². The van der Waals surface area contributed by atoms with E-state index < -0.39 is 0 Å². The second-order valence-electron chi connectivity index (χ2n) is 5.50. The first-order valence-corrected chi connectivity index (χ1v) is 6.68. The van der Waals surface area contributed by atoms with Gasteiger partial charge in [-0.1, -0.05) is 24.1 Å². The Balaban J connectivity index is 2.16. The molecule has 17 heavy (non-hydrogen) atoms. The molecule has 0 saturated carbocycles. The second-order valence-corrected chi connectivity index (χ2v) is 5.50. The summed E-state index contributed by atoms with van der Waals surface area (Å²) in [6.45, 7) is 7.80. The molecule has 1 aliphatic rings. The van der Waals surface area contributed by atoms with Gasteiger partial charge in [-0.05, 0) is 45.2 Å². The van der Waals surface area contributed by atoms with Crippen molar-refractivity contribution in [2.45, 2.75) is 58.7 Å². The predicted octanol–water partition coefficient (Wildman–Crippen LogP) is 3.34. The lowest BCUT2D eigenvalue weighted by atomic mass is 9.96. The molecule has 94 valence electrons. The lowest BCUT2D eigenvalue weighted by Gasteiger charge is -2.39. The van der Waals surface area contributed by atoms with Gasteiger partial charge < -0.3 is 5.73 Å². The molecule has 2 atom stereocenters. The van der Waals surface area contributed by atoms with Crippen molar-refractivity contribution in [2.75, 3.05) is 5.73 Å². The van der Waals surface area contributed by atoms with Gasteiger partial charge in [0.2, 0.25) is 0 Å². The van der Waals surface area contributed by atoms with Crippen molar-refractivity contribution < 1.29 is 0 Å². The van der Waals surface area contributed by atoms with E-state index in [2.05, 4.69) is 37.8 Å². The summed E-state index contributed by atoms with van der Waals surface area (Å²) in [6, 6.07) is 7.70. The van der Waals surface area contributed by atoms with Crippen LogP contribution >= 0.6 is 0 Å². The van der Waals surface area contributed by atoms with Crippen molar-refractivity contribution in [1.29, 1.82) is 0 Å². The first-order valence-electron chi connectivity index (χ1n) is 6.68. The number of rotatable bonds is 2. The summed E-state index contributed by atoms with van der Waals surface area (Å²) in [5.41, 5.74) is 9.58. The first kappa shape index (κ1) is 12.4. The Morgan fingerprint density at radius 2 is 1.88 bits per heavy atom. The van der Waals surface area contributed by atoms with Crippen LogP contribution in [-0.2, 0) is 6.54 Å². The smallest absolute Gasteiger partial charge is 0.0359 e. The van der Waals surface area contributed by atoms with Gasteiger partial charge in [-0.15, -0.1) is 0 Å². The average molecular weight is 232 g/mol. The summed E-state index contributed by atoms with van der Waals surface area (Å²) < 4.78 is 0. The zero-order valence-electron chi connectivity index (χ0n) is 11.2. The van der Waals surface area contributed by atoms with Crippen LogP contribution in [0.4, 0.5) is 5.69 Å². The summed E-state index contributed by atoms with van der Waals surface area (Å²) in [6.07, 6.45) is 3.99. The molecule has 2 nitrogen and oxygen atoms in total. The molecule has 0 amide bonds. The molecule has 2 heteroatoms.